The molecule has 0 saturated heterocycles. The van der Waals surface area contributed by atoms with Crippen molar-refractivity contribution in [1.82, 2.24) is 5.32 Å². The van der Waals surface area contributed by atoms with Gasteiger partial charge in [-0.2, -0.15) is 8.42 Å². The molecule has 1 amide bonds. The lowest BCUT2D eigenvalue weighted by molar-refractivity contribution is 0.0963. The highest BCUT2D eigenvalue weighted by molar-refractivity contribution is 7.85. The highest BCUT2D eigenvalue weighted by Crippen LogP contribution is 2.16. The Morgan fingerprint density at radius 3 is 2.59 bits per heavy atom. The van der Waals surface area contributed by atoms with Crippen molar-refractivity contribution < 1.29 is 17.4 Å². The van der Waals surface area contributed by atoms with E-state index in [2.05, 4.69) is 9.50 Å². The van der Waals surface area contributed by atoms with E-state index in [0.29, 0.717) is 16.1 Å². The highest BCUT2D eigenvalue weighted by atomic mass is 35.5. The first-order chi connectivity index (χ1) is 7.81. The number of hydrogen-bond acceptors (Lipinski definition) is 4. The topological polar surface area (TPSA) is 72.5 Å². The van der Waals surface area contributed by atoms with E-state index < -0.39 is 10.1 Å². The van der Waals surface area contributed by atoms with Crippen molar-refractivity contribution >= 4 is 27.6 Å². The van der Waals surface area contributed by atoms with E-state index in [4.69, 9.17) is 11.6 Å². The predicted octanol–water partition coefficient (Wildman–Crippen LogP) is 1.18. The minimum Gasteiger partial charge on any atom is -0.355 e. The molecule has 0 fully saturated rings. The Hall–Kier alpha value is -1.11. The van der Waals surface area contributed by atoms with Gasteiger partial charge in [0.1, 0.15) is 0 Å². The fraction of sp³-hybridized carbons (Fsp3) is 0.300. The second-order valence-corrected chi connectivity index (χ2v) is 5.47. The zero-order valence-corrected chi connectivity index (χ0v) is 10.9. The van der Waals surface area contributed by atoms with E-state index in [1.165, 1.54) is 19.2 Å². The Labute approximate surface area is 105 Å². The van der Waals surface area contributed by atoms with Crippen LogP contribution in [0.3, 0.4) is 0 Å². The molecule has 0 aliphatic rings. The molecule has 0 bridgehead atoms. The summed E-state index contributed by atoms with van der Waals surface area (Å²) < 4.78 is 26.3. The van der Waals surface area contributed by atoms with Crippen molar-refractivity contribution in [3.8, 4) is 0 Å². The van der Waals surface area contributed by atoms with Crippen LogP contribution in [0.15, 0.2) is 18.2 Å². The van der Waals surface area contributed by atoms with Gasteiger partial charge in [-0.1, -0.05) is 11.6 Å². The third-order valence-electron chi connectivity index (χ3n) is 1.89. The quantitative estimate of drug-likeness (QED) is 0.839. The van der Waals surface area contributed by atoms with E-state index in [0.717, 1.165) is 6.26 Å². The summed E-state index contributed by atoms with van der Waals surface area (Å²) in [6.45, 7) is -0.149. The first-order valence-electron chi connectivity index (χ1n) is 4.68. The van der Waals surface area contributed by atoms with Crippen LogP contribution in [0.25, 0.3) is 0 Å². The van der Waals surface area contributed by atoms with Crippen molar-refractivity contribution in [3.05, 3.63) is 34.3 Å². The van der Waals surface area contributed by atoms with Crippen molar-refractivity contribution in [2.75, 3.05) is 13.3 Å². The van der Waals surface area contributed by atoms with Gasteiger partial charge in [0.2, 0.25) is 0 Å². The molecule has 0 atom stereocenters. The van der Waals surface area contributed by atoms with E-state index >= 15 is 0 Å². The lowest BCUT2D eigenvalue weighted by Crippen LogP contribution is -2.18. The minimum atomic E-state index is -3.52. The summed E-state index contributed by atoms with van der Waals surface area (Å²) in [5.41, 5.74) is 0.869. The van der Waals surface area contributed by atoms with Gasteiger partial charge in [0.05, 0.1) is 12.9 Å². The molecular weight excluding hydrogens is 266 g/mol. The summed E-state index contributed by atoms with van der Waals surface area (Å²) in [7, 11) is -2.02. The molecule has 7 heteroatoms. The van der Waals surface area contributed by atoms with Crippen LogP contribution in [0.1, 0.15) is 15.9 Å². The van der Waals surface area contributed by atoms with Crippen LogP contribution >= 0.6 is 11.6 Å². The number of hydrogen-bond donors (Lipinski definition) is 1. The summed E-state index contributed by atoms with van der Waals surface area (Å²) in [4.78, 5) is 11.4. The fourth-order valence-corrected chi connectivity index (χ4v) is 1.79. The monoisotopic (exact) mass is 277 g/mol. The van der Waals surface area contributed by atoms with Gasteiger partial charge in [-0.15, -0.1) is 0 Å². The van der Waals surface area contributed by atoms with Gasteiger partial charge in [-0.3, -0.25) is 8.98 Å². The zero-order valence-electron chi connectivity index (χ0n) is 9.36. The van der Waals surface area contributed by atoms with Gasteiger partial charge in [-0.05, 0) is 23.8 Å². The van der Waals surface area contributed by atoms with Crippen LogP contribution in [-0.4, -0.2) is 27.6 Å². The largest absolute Gasteiger partial charge is 0.355 e. The van der Waals surface area contributed by atoms with Crippen LogP contribution in [0.2, 0.25) is 5.02 Å². The molecule has 0 unspecified atom stereocenters. The molecular formula is C10H12ClNO4S. The smallest absolute Gasteiger partial charge is 0.264 e. The molecule has 1 aromatic carbocycles. The summed E-state index contributed by atoms with van der Waals surface area (Å²) in [5, 5.41) is 2.80. The molecule has 1 rings (SSSR count). The van der Waals surface area contributed by atoms with E-state index in [-0.39, 0.29) is 12.5 Å². The average Bonchev–Trinajstić information content (AvgIpc) is 2.23. The normalized spacial score (nSPS) is 11.2. The SMILES string of the molecule is CNC(=O)c1cc(Cl)cc(COS(C)(=O)=O)c1. The third-order valence-corrected chi connectivity index (χ3v) is 2.65. The molecule has 94 valence electrons. The predicted molar refractivity (Wildman–Crippen MR) is 64.5 cm³/mol. The molecule has 0 aliphatic heterocycles. The molecule has 0 heterocycles. The van der Waals surface area contributed by atoms with Gasteiger partial charge < -0.3 is 5.32 Å². The Morgan fingerprint density at radius 1 is 1.41 bits per heavy atom. The van der Waals surface area contributed by atoms with Gasteiger partial charge in [0.25, 0.3) is 16.0 Å². The molecule has 0 spiro atoms. The molecule has 0 radical (unpaired) electrons. The molecule has 1 N–H and O–H groups in total. The van der Waals surface area contributed by atoms with Gasteiger partial charge in [0.15, 0.2) is 0 Å². The van der Waals surface area contributed by atoms with Crippen molar-refractivity contribution in [2.24, 2.45) is 0 Å². The van der Waals surface area contributed by atoms with Crippen LogP contribution < -0.4 is 5.32 Å². The van der Waals surface area contributed by atoms with Crippen LogP contribution in [0, 0.1) is 0 Å². The number of amides is 1. The number of carbonyl (C=O) groups excluding carboxylic acids is 1. The zero-order chi connectivity index (χ0) is 13.1. The number of halogens is 1. The maximum Gasteiger partial charge on any atom is 0.264 e. The highest BCUT2D eigenvalue weighted by Gasteiger charge is 2.08. The number of nitrogens with one attached hydrogen (secondary N) is 1. The summed E-state index contributed by atoms with van der Waals surface area (Å²) >= 11 is 5.82. The minimum absolute atomic E-state index is 0.149. The average molecular weight is 278 g/mol. The van der Waals surface area contributed by atoms with Gasteiger partial charge in [0, 0.05) is 17.6 Å². The van der Waals surface area contributed by atoms with Crippen molar-refractivity contribution in [1.29, 1.82) is 0 Å². The maximum absolute atomic E-state index is 11.4. The van der Waals surface area contributed by atoms with Gasteiger partial charge in [-0.25, -0.2) is 0 Å². The lowest BCUT2D eigenvalue weighted by Gasteiger charge is -2.06. The number of rotatable bonds is 4. The lowest BCUT2D eigenvalue weighted by atomic mass is 10.1. The first-order valence-corrected chi connectivity index (χ1v) is 6.87. The second kappa shape index (κ2) is 5.48. The van der Waals surface area contributed by atoms with Crippen molar-refractivity contribution in [2.45, 2.75) is 6.61 Å². The maximum atomic E-state index is 11.4. The molecule has 0 aliphatic carbocycles. The number of benzene rings is 1. The second-order valence-electron chi connectivity index (χ2n) is 3.39. The Kier molecular flexibility index (Phi) is 4.50. The summed E-state index contributed by atoms with van der Waals surface area (Å²) in [6, 6.07) is 4.55. The summed E-state index contributed by atoms with van der Waals surface area (Å²) in [6.07, 6.45) is 0.956. The van der Waals surface area contributed by atoms with Gasteiger partial charge >= 0.3 is 0 Å². The Bertz CT molecular complexity index is 527. The number of carbonyl (C=O) groups is 1. The van der Waals surface area contributed by atoms with E-state index in [1.54, 1.807) is 6.07 Å². The molecule has 5 nitrogen and oxygen atoms in total. The fourth-order valence-electron chi connectivity index (χ4n) is 1.18. The van der Waals surface area contributed by atoms with Crippen LogP contribution in [-0.2, 0) is 20.9 Å². The van der Waals surface area contributed by atoms with E-state index in [1.807, 2.05) is 0 Å². The summed E-state index contributed by atoms with van der Waals surface area (Å²) in [5.74, 6) is -0.298. The van der Waals surface area contributed by atoms with Crippen molar-refractivity contribution in [3.63, 3.8) is 0 Å². The molecule has 0 aromatic heterocycles. The standard InChI is InChI=1S/C10H12ClNO4S/c1-12-10(13)8-3-7(4-9(11)5-8)6-16-17(2,14)15/h3-5H,6H2,1-2H3,(H,12,13). The van der Waals surface area contributed by atoms with Crippen LogP contribution in [0.5, 0.6) is 0 Å². The molecule has 0 saturated carbocycles. The van der Waals surface area contributed by atoms with Crippen LogP contribution in [0.4, 0.5) is 0 Å². The Balaban J connectivity index is 2.94. The molecule has 1 aromatic rings. The molecule has 17 heavy (non-hydrogen) atoms. The third kappa shape index (κ3) is 4.72. The Morgan fingerprint density at radius 2 is 2.06 bits per heavy atom. The van der Waals surface area contributed by atoms with E-state index in [9.17, 15) is 13.2 Å². The first kappa shape index (κ1) is 14.0.